The second-order valence-corrected chi connectivity index (χ2v) is 19.7. The summed E-state index contributed by atoms with van der Waals surface area (Å²) < 4.78 is 2.03. The van der Waals surface area contributed by atoms with Crippen molar-refractivity contribution in [3.63, 3.8) is 0 Å². The second kappa shape index (κ2) is 19.2. The van der Waals surface area contributed by atoms with E-state index in [9.17, 15) is 24.6 Å². The van der Waals surface area contributed by atoms with Crippen molar-refractivity contribution in [3.8, 4) is 38.6 Å². The van der Waals surface area contributed by atoms with Crippen LogP contribution < -0.4 is 16.4 Å². The number of phenols is 1. The van der Waals surface area contributed by atoms with Crippen LogP contribution in [0.2, 0.25) is 0 Å². The summed E-state index contributed by atoms with van der Waals surface area (Å²) in [6.45, 7) is 9.97. The van der Waals surface area contributed by atoms with Crippen molar-refractivity contribution in [1.82, 2.24) is 45.4 Å². The highest BCUT2D eigenvalue weighted by Crippen LogP contribution is 2.36. The van der Waals surface area contributed by atoms with Gasteiger partial charge in [-0.15, -0.1) is 21.5 Å². The average molecular weight is 889 g/mol. The van der Waals surface area contributed by atoms with Crippen LogP contribution >= 0.6 is 11.3 Å². The van der Waals surface area contributed by atoms with E-state index in [1.807, 2.05) is 86.7 Å². The van der Waals surface area contributed by atoms with Gasteiger partial charge in [0.2, 0.25) is 17.7 Å². The maximum absolute atomic E-state index is 14.2. The third-order valence-electron chi connectivity index (χ3n) is 13.3. The lowest BCUT2D eigenvalue weighted by molar-refractivity contribution is -0.144. The van der Waals surface area contributed by atoms with E-state index in [0.717, 1.165) is 84.4 Å². The molecule has 0 unspecified atom stereocenters. The number of para-hydroxylation sites is 1. The van der Waals surface area contributed by atoms with Gasteiger partial charge in [-0.3, -0.25) is 19.1 Å². The normalized spacial score (nSPS) is 21.4. The third-order valence-corrected chi connectivity index (χ3v) is 14.3. The number of likely N-dealkylation sites (tertiary alicyclic amines) is 2. The zero-order chi connectivity index (χ0) is 45.1. The van der Waals surface area contributed by atoms with Gasteiger partial charge in [-0.2, -0.15) is 5.10 Å². The predicted molar refractivity (Wildman–Crippen MR) is 247 cm³/mol. The number of aromatic hydroxyl groups is 1. The van der Waals surface area contributed by atoms with E-state index in [0.29, 0.717) is 29.5 Å². The van der Waals surface area contributed by atoms with Gasteiger partial charge in [-0.25, -0.2) is 4.98 Å². The summed E-state index contributed by atoms with van der Waals surface area (Å²) in [5.74, 6) is -0.180. The minimum Gasteiger partial charge on any atom is -0.507 e. The molecule has 8 rings (SSSR count). The van der Waals surface area contributed by atoms with Crippen molar-refractivity contribution in [3.05, 3.63) is 83.8 Å². The van der Waals surface area contributed by atoms with Crippen molar-refractivity contribution < 1.29 is 24.6 Å². The topological polar surface area (TPSA) is 205 Å². The zero-order valence-electron chi connectivity index (χ0n) is 37.1. The van der Waals surface area contributed by atoms with Gasteiger partial charge in [-0.05, 0) is 86.1 Å². The highest BCUT2D eigenvalue weighted by Gasteiger charge is 2.44. The number of carbonyl (C=O) groups excluding carboxylic acids is 3. The van der Waals surface area contributed by atoms with E-state index >= 15 is 0 Å². The van der Waals surface area contributed by atoms with E-state index in [2.05, 4.69) is 30.7 Å². The van der Waals surface area contributed by atoms with Gasteiger partial charge in [0, 0.05) is 67.9 Å². The Morgan fingerprint density at radius 2 is 1.67 bits per heavy atom. The smallest absolute Gasteiger partial charge is 0.246 e. The first-order valence-corrected chi connectivity index (χ1v) is 23.3. The van der Waals surface area contributed by atoms with Gasteiger partial charge < -0.3 is 36.4 Å². The first kappa shape index (κ1) is 44.9. The third kappa shape index (κ3) is 10.1. The minimum atomic E-state index is -0.855. The van der Waals surface area contributed by atoms with Crippen LogP contribution in [-0.2, 0) is 20.9 Å². The van der Waals surface area contributed by atoms with E-state index < -0.39 is 23.6 Å². The summed E-state index contributed by atoms with van der Waals surface area (Å²) in [6.07, 6.45) is 9.33. The van der Waals surface area contributed by atoms with Gasteiger partial charge in [0.1, 0.15) is 17.8 Å². The Balaban J connectivity index is 0.800. The van der Waals surface area contributed by atoms with Crippen LogP contribution in [0.1, 0.15) is 89.4 Å². The molecule has 6 N–H and O–H groups in total. The number of piperidine rings is 1. The maximum atomic E-state index is 14.2. The van der Waals surface area contributed by atoms with Gasteiger partial charge in [0.25, 0.3) is 0 Å². The van der Waals surface area contributed by atoms with E-state index in [4.69, 9.17) is 10.8 Å². The molecule has 5 heterocycles. The van der Waals surface area contributed by atoms with Crippen LogP contribution in [0.4, 0.5) is 5.82 Å². The van der Waals surface area contributed by atoms with Crippen molar-refractivity contribution in [2.75, 3.05) is 25.4 Å². The molecule has 2 aliphatic heterocycles. The summed E-state index contributed by atoms with van der Waals surface area (Å²) in [6, 6.07) is 15.9. The molecule has 338 valence electrons. The molecule has 3 aliphatic rings. The minimum absolute atomic E-state index is 0.0354. The number of hydrogen-bond donors (Lipinski definition) is 5. The molecule has 0 bridgehead atoms. The SMILES string of the molecule is Cc1ncsc1-c1ccc(CNC(=O)[C@@H]2C[C@@H](O)CN2C(=O)[C@@H](NC(=O)CC2CCC(N3CCC(n4cc(-c5cc(-c6ccccc6O)nnc5N)cn4)CC3)CC2)C(C)(C)C)cc1. The molecule has 5 aromatic rings. The number of β-amino-alcohol motifs (C(OH)–C–C–N with tert-alkyl or cyclic N) is 1. The van der Waals surface area contributed by atoms with Gasteiger partial charge >= 0.3 is 0 Å². The van der Waals surface area contributed by atoms with Gasteiger partial charge in [0.05, 0.1) is 40.1 Å². The summed E-state index contributed by atoms with van der Waals surface area (Å²) in [5, 5.41) is 40.2. The highest BCUT2D eigenvalue weighted by molar-refractivity contribution is 7.13. The quantitative estimate of drug-likeness (QED) is 0.0965. The number of nitrogens with two attached hydrogens (primary N) is 1. The molecule has 3 aromatic heterocycles. The largest absolute Gasteiger partial charge is 0.507 e. The Labute approximate surface area is 378 Å². The lowest BCUT2D eigenvalue weighted by atomic mass is 9.82. The van der Waals surface area contributed by atoms with Crippen molar-refractivity contribution in [1.29, 1.82) is 0 Å². The van der Waals surface area contributed by atoms with Crippen molar-refractivity contribution in [2.24, 2.45) is 11.3 Å². The Bertz CT molecular complexity index is 2430. The fourth-order valence-corrected chi connectivity index (χ4v) is 10.4. The van der Waals surface area contributed by atoms with Crippen LogP contribution in [0.5, 0.6) is 5.75 Å². The molecule has 15 nitrogen and oxygen atoms in total. The number of hydrogen-bond acceptors (Lipinski definition) is 12. The number of aliphatic hydroxyl groups excluding tert-OH is 1. The number of nitrogens with zero attached hydrogens (tertiary/aromatic N) is 7. The number of benzene rings is 2. The van der Waals surface area contributed by atoms with Crippen LogP contribution in [0.3, 0.4) is 0 Å². The second-order valence-electron chi connectivity index (χ2n) is 18.8. The van der Waals surface area contributed by atoms with E-state index in [1.54, 1.807) is 29.5 Å². The Morgan fingerprint density at radius 3 is 2.36 bits per heavy atom. The summed E-state index contributed by atoms with van der Waals surface area (Å²) in [7, 11) is 0. The first-order valence-electron chi connectivity index (χ1n) is 22.5. The van der Waals surface area contributed by atoms with Crippen LogP contribution in [-0.4, -0.2) is 107 Å². The molecule has 2 aromatic carbocycles. The van der Waals surface area contributed by atoms with E-state index in [-0.39, 0.29) is 54.9 Å². The summed E-state index contributed by atoms with van der Waals surface area (Å²) >= 11 is 1.59. The molecule has 0 spiro atoms. The Morgan fingerprint density at radius 1 is 0.938 bits per heavy atom. The number of aliphatic hydroxyl groups is 1. The number of thiazole rings is 1. The molecule has 16 heteroatoms. The molecule has 0 radical (unpaired) electrons. The van der Waals surface area contributed by atoms with Crippen molar-refractivity contribution >= 4 is 34.9 Å². The monoisotopic (exact) mass is 888 g/mol. The fourth-order valence-electron chi connectivity index (χ4n) is 9.62. The molecular weight excluding hydrogens is 829 g/mol. The molecule has 3 amide bonds. The predicted octanol–water partition coefficient (Wildman–Crippen LogP) is 6.12. The average Bonchev–Trinajstić information content (AvgIpc) is 4.05. The molecule has 2 saturated heterocycles. The van der Waals surface area contributed by atoms with Crippen LogP contribution in [0, 0.1) is 18.3 Å². The number of rotatable bonds is 12. The molecular formula is C48H60N10O5S. The van der Waals surface area contributed by atoms with Crippen LogP contribution in [0.25, 0.3) is 32.8 Å². The fraction of sp³-hybridized carbons (Fsp3) is 0.479. The van der Waals surface area contributed by atoms with Crippen LogP contribution in [0.15, 0.2) is 72.5 Å². The summed E-state index contributed by atoms with van der Waals surface area (Å²) in [5.41, 5.74) is 13.1. The number of aryl methyl sites for hydroxylation is 1. The standard InChI is InChI=1S/C48H60N10O5S/c1-29-43(64-28-51-29)32-13-9-31(10-14-32)24-50-46(62)40-22-36(59)27-57(40)47(63)44(48(2,3)4)53-42(61)21-30-11-15-34(16-12-30)56-19-17-35(18-20-56)58-26-33(25-52-58)38-23-39(54-55-45(38)49)37-7-5-6-8-41(37)60/h5-10,13-14,23,25-26,28,30,34-36,40,44,59-60H,11-12,15-22,24,27H2,1-4H3,(H2,49,55)(H,50,62)(H,53,61)/t30?,34?,36-,40+,44-/m1/s1. The molecule has 1 aliphatic carbocycles. The van der Waals surface area contributed by atoms with Gasteiger partial charge in [0.15, 0.2) is 5.82 Å². The number of phenolic OH excluding ortho intramolecular Hbond substituents is 1. The molecule has 3 fully saturated rings. The number of nitrogen functional groups attached to an aromatic ring is 1. The Kier molecular flexibility index (Phi) is 13.4. The maximum Gasteiger partial charge on any atom is 0.246 e. The number of anilines is 1. The Hall–Kier alpha value is -5.71. The van der Waals surface area contributed by atoms with Gasteiger partial charge in [-0.1, -0.05) is 57.2 Å². The number of amides is 3. The molecule has 64 heavy (non-hydrogen) atoms. The highest BCUT2D eigenvalue weighted by atomic mass is 32.1. The summed E-state index contributed by atoms with van der Waals surface area (Å²) in [4.78, 5) is 50.9. The molecule has 1 saturated carbocycles. The number of nitrogens with one attached hydrogen (secondary N) is 2. The first-order chi connectivity index (χ1) is 30.7. The zero-order valence-corrected chi connectivity index (χ0v) is 37.9. The lowest BCUT2D eigenvalue weighted by Gasteiger charge is -2.41. The van der Waals surface area contributed by atoms with Crippen molar-refractivity contribution in [2.45, 2.75) is 116 Å². The lowest BCUT2D eigenvalue weighted by Crippen LogP contribution is -2.57. The van der Waals surface area contributed by atoms with E-state index in [1.165, 1.54) is 4.90 Å². The number of aromatic nitrogens is 5. The molecule has 3 atom stereocenters. The number of carbonyl (C=O) groups is 3.